The van der Waals surface area contributed by atoms with Gasteiger partial charge >= 0.3 is 0 Å². The van der Waals surface area contributed by atoms with Crippen LogP contribution in [0.4, 0.5) is 0 Å². The highest BCUT2D eigenvalue weighted by atomic mass is 32.1. The van der Waals surface area contributed by atoms with Crippen LogP contribution >= 0.6 is 11.3 Å². The second-order valence-electron chi connectivity index (χ2n) is 4.44. The zero-order valence-corrected chi connectivity index (χ0v) is 11.2. The molecule has 96 valence electrons. The molecular formula is C13H20O3S. The van der Waals surface area contributed by atoms with E-state index in [9.17, 15) is 5.11 Å². The molecule has 17 heavy (non-hydrogen) atoms. The smallest absolute Gasteiger partial charge is 0.168 e. The van der Waals surface area contributed by atoms with Gasteiger partial charge in [-0.25, -0.2) is 0 Å². The fraction of sp³-hybridized carbons (Fsp3) is 0.692. The molecule has 0 spiro atoms. The summed E-state index contributed by atoms with van der Waals surface area (Å²) >= 11 is 1.67. The molecule has 1 saturated heterocycles. The molecule has 1 aliphatic rings. The molecule has 1 aromatic rings. The first-order valence-electron chi connectivity index (χ1n) is 6.21. The maximum atomic E-state index is 10.1. The fourth-order valence-electron chi connectivity index (χ4n) is 2.15. The van der Waals surface area contributed by atoms with E-state index in [0.717, 1.165) is 12.8 Å². The second kappa shape index (κ2) is 5.48. The van der Waals surface area contributed by atoms with Crippen LogP contribution in [0.1, 0.15) is 31.6 Å². The lowest BCUT2D eigenvalue weighted by Crippen LogP contribution is -2.34. The Hall–Kier alpha value is -0.420. The summed E-state index contributed by atoms with van der Waals surface area (Å²) in [6.45, 7) is 4.60. The van der Waals surface area contributed by atoms with E-state index < -0.39 is 11.9 Å². The third-order valence-electron chi connectivity index (χ3n) is 3.37. The molecule has 0 aromatic carbocycles. The van der Waals surface area contributed by atoms with Gasteiger partial charge in [-0.3, -0.25) is 0 Å². The van der Waals surface area contributed by atoms with Gasteiger partial charge in [0.2, 0.25) is 0 Å². The van der Waals surface area contributed by atoms with Crippen molar-refractivity contribution in [2.75, 3.05) is 6.61 Å². The molecule has 1 fully saturated rings. The molecule has 0 saturated carbocycles. The first kappa shape index (κ1) is 13.0. The first-order valence-corrected chi connectivity index (χ1v) is 7.09. The summed E-state index contributed by atoms with van der Waals surface area (Å²) in [4.78, 5) is 1.19. The van der Waals surface area contributed by atoms with Gasteiger partial charge in [0.05, 0.1) is 12.7 Å². The third kappa shape index (κ3) is 2.88. The van der Waals surface area contributed by atoms with Crippen LogP contribution in [-0.4, -0.2) is 29.7 Å². The van der Waals surface area contributed by atoms with E-state index in [1.165, 1.54) is 4.88 Å². The van der Waals surface area contributed by atoms with Crippen molar-refractivity contribution in [1.29, 1.82) is 0 Å². The number of aliphatic hydroxyl groups excluding tert-OH is 1. The molecule has 1 aliphatic heterocycles. The number of hydrogen-bond acceptors (Lipinski definition) is 4. The number of hydrogen-bond donors (Lipinski definition) is 1. The average Bonchev–Trinajstić information content (AvgIpc) is 2.97. The van der Waals surface area contributed by atoms with E-state index >= 15 is 0 Å². The minimum atomic E-state index is -0.478. The molecule has 2 atom stereocenters. The normalized spacial score (nSPS) is 25.0. The Morgan fingerprint density at radius 1 is 1.53 bits per heavy atom. The number of rotatable bonds is 5. The van der Waals surface area contributed by atoms with Crippen LogP contribution in [0.15, 0.2) is 17.5 Å². The minimum absolute atomic E-state index is 0.197. The van der Waals surface area contributed by atoms with Crippen LogP contribution in [-0.2, 0) is 15.9 Å². The van der Waals surface area contributed by atoms with Gasteiger partial charge in [0, 0.05) is 11.3 Å². The summed E-state index contributed by atoms with van der Waals surface area (Å²) in [6, 6.07) is 4.04. The van der Waals surface area contributed by atoms with Crippen LogP contribution in [0.3, 0.4) is 0 Å². The van der Waals surface area contributed by atoms with Crippen LogP contribution < -0.4 is 0 Å². The lowest BCUT2D eigenvalue weighted by atomic mass is 10.1. The van der Waals surface area contributed by atoms with Crippen LogP contribution in [0.5, 0.6) is 0 Å². The van der Waals surface area contributed by atoms with Crippen molar-refractivity contribution in [3.8, 4) is 0 Å². The molecule has 0 unspecified atom stereocenters. The zero-order chi connectivity index (χ0) is 12.3. The fourth-order valence-corrected chi connectivity index (χ4v) is 2.91. The average molecular weight is 256 g/mol. The van der Waals surface area contributed by atoms with Crippen molar-refractivity contribution in [3.05, 3.63) is 22.4 Å². The Balaban J connectivity index is 1.91. The predicted octanol–water partition coefficient (Wildman–Crippen LogP) is 2.58. The lowest BCUT2D eigenvalue weighted by molar-refractivity contribution is -0.181. The van der Waals surface area contributed by atoms with Gasteiger partial charge in [-0.05, 0) is 24.3 Å². The third-order valence-corrected chi connectivity index (χ3v) is 4.27. The Labute approximate surface area is 106 Å². The van der Waals surface area contributed by atoms with Gasteiger partial charge in [-0.1, -0.05) is 19.9 Å². The van der Waals surface area contributed by atoms with Crippen molar-refractivity contribution in [2.45, 2.75) is 51.1 Å². The van der Waals surface area contributed by atoms with Gasteiger partial charge in [0.1, 0.15) is 6.10 Å². The SMILES string of the molecule is CCC1(CC)OC[C@H]([C@H](O)Cc2cccs2)O1. The van der Waals surface area contributed by atoms with Crippen molar-refractivity contribution < 1.29 is 14.6 Å². The summed E-state index contributed by atoms with van der Waals surface area (Å²) in [6.07, 6.45) is 1.62. The van der Waals surface area contributed by atoms with Crippen molar-refractivity contribution in [2.24, 2.45) is 0 Å². The molecule has 0 amide bonds. The van der Waals surface area contributed by atoms with Gasteiger partial charge in [0.25, 0.3) is 0 Å². The largest absolute Gasteiger partial charge is 0.390 e. The second-order valence-corrected chi connectivity index (χ2v) is 5.47. The van der Waals surface area contributed by atoms with Crippen molar-refractivity contribution >= 4 is 11.3 Å². The van der Waals surface area contributed by atoms with E-state index in [2.05, 4.69) is 13.8 Å². The molecule has 0 radical (unpaired) electrons. The molecule has 1 N–H and O–H groups in total. The monoisotopic (exact) mass is 256 g/mol. The summed E-state index contributed by atoms with van der Waals surface area (Å²) in [5, 5.41) is 12.2. The Kier molecular flexibility index (Phi) is 4.20. The van der Waals surface area contributed by atoms with E-state index in [-0.39, 0.29) is 6.10 Å². The molecule has 0 aliphatic carbocycles. The standard InChI is InChI=1S/C13H20O3S/c1-3-13(4-2)15-9-12(16-13)11(14)8-10-6-5-7-17-10/h5-7,11-12,14H,3-4,8-9H2,1-2H3/t11-,12-/m1/s1. The topological polar surface area (TPSA) is 38.7 Å². The van der Waals surface area contributed by atoms with Gasteiger partial charge in [-0.15, -0.1) is 11.3 Å². The van der Waals surface area contributed by atoms with Gasteiger partial charge in [-0.2, -0.15) is 0 Å². The summed E-state index contributed by atoms with van der Waals surface area (Å²) in [5.41, 5.74) is 0. The zero-order valence-electron chi connectivity index (χ0n) is 10.4. The minimum Gasteiger partial charge on any atom is -0.390 e. The van der Waals surface area contributed by atoms with Crippen LogP contribution in [0.2, 0.25) is 0 Å². The Morgan fingerprint density at radius 2 is 2.29 bits per heavy atom. The summed E-state index contributed by atoms with van der Waals surface area (Å²) in [7, 11) is 0. The van der Waals surface area contributed by atoms with Crippen LogP contribution in [0, 0.1) is 0 Å². The van der Waals surface area contributed by atoms with Gasteiger partial charge < -0.3 is 14.6 Å². The molecule has 1 aromatic heterocycles. The first-order chi connectivity index (χ1) is 8.19. The lowest BCUT2D eigenvalue weighted by Gasteiger charge is -2.26. The summed E-state index contributed by atoms with van der Waals surface area (Å²) < 4.78 is 11.6. The highest BCUT2D eigenvalue weighted by Crippen LogP contribution is 2.32. The number of thiophene rings is 1. The predicted molar refractivity (Wildman–Crippen MR) is 68.2 cm³/mol. The summed E-state index contributed by atoms with van der Waals surface area (Å²) in [5.74, 6) is -0.471. The van der Waals surface area contributed by atoms with Crippen molar-refractivity contribution in [3.63, 3.8) is 0 Å². The maximum Gasteiger partial charge on any atom is 0.168 e. The van der Waals surface area contributed by atoms with E-state index in [0.29, 0.717) is 13.0 Å². The Bertz CT molecular complexity index is 332. The maximum absolute atomic E-state index is 10.1. The van der Waals surface area contributed by atoms with Crippen molar-refractivity contribution in [1.82, 2.24) is 0 Å². The van der Waals surface area contributed by atoms with E-state index in [1.54, 1.807) is 11.3 Å². The molecule has 2 heterocycles. The molecule has 0 bridgehead atoms. The van der Waals surface area contributed by atoms with E-state index in [4.69, 9.17) is 9.47 Å². The van der Waals surface area contributed by atoms with Crippen LogP contribution in [0.25, 0.3) is 0 Å². The Morgan fingerprint density at radius 3 is 2.82 bits per heavy atom. The molecule has 2 rings (SSSR count). The highest BCUT2D eigenvalue weighted by Gasteiger charge is 2.41. The highest BCUT2D eigenvalue weighted by molar-refractivity contribution is 7.09. The molecule has 3 nitrogen and oxygen atoms in total. The van der Waals surface area contributed by atoms with Gasteiger partial charge in [0.15, 0.2) is 5.79 Å². The number of ether oxygens (including phenoxy) is 2. The van der Waals surface area contributed by atoms with E-state index in [1.807, 2.05) is 17.5 Å². The molecular weight excluding hydrogens is 236 g/mol. The quantitative estimate of drug-likeness (QED) is 0.880. The number of aliphatic hydroxyl groups is 1. The molecule has 4 heteroatoms.